The first-order chi connectivity index (χ1) is 9.91. The number of rotatable bonds is 2. The summed E-state index contributed by atoms with van der Waals surface area (Å²) in [4.78, 5) is 0. The second-order valence-corrected chi connectivity index (χ2v) is 6.22. The Balaban J connectivity index is 1.58. The molecule has 0 aromatic heterocycles. The molecule has 3 aliphatic rings. The molecule has 0 radical (unpaired) electrons. The van der Waals surface area contributed by atoms with Gasteiger partial charge in [-0.05, 0) is 28.5 Å². The fraction of sp³-hybridized carbons (Fsp3) is 0.200. The lowest BCUT2D eigenvalue weighted by atomic mass is 9.87. The predicted octanol–water partition coefficient (Wildman–Crippen LogP) is 4.45. The van der Waals surface area contributed by atoms with Gasteiger partial charge in [-0.15, -0.1) is 0 Å². The molecule has 0 bridgehead atoms. The highest BCUT2D eigenvalue weighted by molar-refractivity contribution is 5.78. The first-order valence-corrected chi connectivity index (χ1v) is 7.43. The van der Waals surface area contributed by atoms with Crippen molar-refractivity contribution in [1.29, 1.82) is 0 Å². The highest BCUT2D eigenvalue weighted by Gasteiger charge is 2.70. The zero-order chi connectivity index (χ0) is 13.2. The van der Waals surface area contributed by atoms with Gasteiger partial charge in [0, 0.05) is 11.3 Å². The Morgan fingerprint density at radius 2 is 1.50 bits per heavy atom. The standard InChI is InChI=1S/C20H16/c1-3-7-14(8-4-1)17-13-18-19-16(17)11-12-20(18,19)15-9-5-2-6-10-15/h1-13,16,18-19H. The molecule has 2 aromatic carbocycles. The van der Waals surface area contributed by atoms with E-state index in [-0.39, 0.29) is 0 Å². The van der Waals surface area contributed by atoms with E-state index in [9.17, 15) is 0 Å². The molecule has 2 aromatic rings. The minimum atomic E-state index is 0.324. The summed E-state index contributed by atoms with van der Waals surface area (Å²) in [5.41, 5.74) is 4.76. The maximum Gasteiger partial charge on any atom is 0.0241 e. The monoisotopic (exact) mass is 256 g/mol. The summed E-state index contributed by atoms with van der Waals surface area (Å²) in [6.07, 6.45) is 7.46. The Labute approximate surface area is 119 Å². The Bertz CT molecular complexity index is 723. The third-order valence-corrected chi connectivity index (χ3v) is 5.45. The molecule has 1 saturated carbocycles. The zero-order valence-electron chi connectivity index (χ0n) is 11.2. The lowest BCUT2D eigenvalue weighted by Crippen LogP contribution is -2.09. The molecule has 0 heteroatoms. The lowest BCUT2D eigenvalue weighted by Gasteiger charge is -2.16. The summed E-state index contributed by atoms with van der Waals surface area (Å²) in [7, 11) is 0. The molecule has 20 heavy (non-hydrogen) atoms. The third-order valence-electron chi connectivity index (χ3n) is 5.45. The van der Waals surface area contributed by atoms with E-state index in [0.717, 1.165) is 11.8 Å². The van der Waals surface area contributed by atoms with Crippen molar-refractivity contribution in [1.82, 2.24) is 0 Å². The van der Waals surface area contributed by atoms with Crippen molar-refractivity contribution in [2.75, 3.05) is 0 Å². The van der Waals surface area contributed by atoms with Crippen molar-refractivity contribution in [3.63, 3.8) is 0 Å². The van der Waals surface area contributed by atoms with E-state index in [4.69, 9.17) is 0 Å². The fourth-order valence-electron chi connectivity index (χ4n) is 4.56. The average molecular weight is 256 g/mol. The van der Waals surface area contributed by atoms with Gasteiger partial charge >= 0.3 is 0 Å². The van der Waals surface area contributed by atoms with E-state index < -0.39 is 0 Å². The highest BCUT2D eigenvalue weighted by Crippen LogP contribution is 2.74. The van der Waals surface area contributed by atoms with Crippen LogP contribution >= 0.6 is 0 Å². The van der Waals surface area contributed by atoms with Gasteiger partial charge in [0.25, 0.3) is 0 Å². The molecule has 0 aliphatic heterocycles. The van der Waals surface area contributed by atoms with Gasteiger partial charge in [0.1, 0.15) is 0 Å². The van der Waals surface area contributed by atoms with Gasteiger partial charge in [-0.1, -0.05) is 78.9 Å². The van der Waals surface area contributed by atoms with Gasteiger partial charge in [0.2, 0.25) is 0 Å². The molecule has 1 fully saturated rings. The van der Waals surface area contributed by atoms with Crippen LogP contribution in [0.3, 0.4) is 0 Å². The number of benzene rings is 2. The number of allylic oxidation sites excluding steroid dienone is 4. The lowest BCUT2D eigenvalue weighted by molar-refractivity contribution is 0.684. The van der Waals surface area contributed by atoms with E-state index in [1.807, 2.05) is 0 Å². The second kappa shape index (κ2) is 3.52. The van der Waals surface area contributed by atoms with Crippen LogP contribution in [-0.2, 0) is 5.41 Å². The van der Waals surface area contributed by atoms with E-state index in [2.05, 4.69) is 78.9 Å². The van der Waals surface area contributed by atoms with Gasteiger partial charge in [-0.2, -0.15) is 0 Å². The predicted molar refractivity (Wildman–Crippen MR) is 82.1 cm³/mol. The number of fused-ring (bicyclic) bond motifs is 1. The third kappa shape index (κ3) is 1.13. The molecule has 0 N–H and O–H groups in total. The van der Waals surface area contributed by atoms with E-state index in [1.165, 1.54) is 11.1 Å². The quantitative estimate of drug-likeness (QED) is 0.696. The summed E-state index contributed by atoms with van der Waals surface area (Å²) in [6.45, 7) is 0. The smallest absolute Gasteiger partial charge is 0.0241 e. The van der Waals surface area contributed by atoms with Crippen LogP contribution in [0.25, 0.3) is 5.57 Å². The largest absolute Gasteiger partial charge is 0.0797 e. The Morgan fingerprint density at radius 1 is 0.800 bits per heavy atom. The molecule has 0 saturated heterocycles. The molecule has 0 nitrogen and oxygen atoms in total. The van der Waals surface area contributed by atoms with Crippen LogP contribution < -0.4 is 0 Å². The minimum Gasteiger partial charge on any atom is -0.0797 e. The van der Waals surface area contributed by atoms with Crippen molar-refractivity contribution < 1.29 is 0 Å². The molecule has 3 aliphatic carbocycles. The number of hydrogen-bond donors (Lipinski definition) is 0. The summed E-state index contributed by atoms with van der Waals surface area (Å²) in [5, 5.41) is 0. The van der Waals surface area contributed by atoms with E-state index in [1.54, 1.807) is 5.57 Å². The average Bonchev–Trinajstić information content (AvgIpc) is 2.83. The molecule has 0 heterocycles. The Morgan fingerprint density at radius 3 is 2.20 bits per heavy atom. The van der Waals surface area contributed by atoms with Crippen LogP contribution in [0.2, 0.25) is 0 Å². The van der Waals surface area contributed by atoms with Crippen molar-refractivity contribution in [2.24, 2.45) is 17.8 Å². The molecule has 0 amide bonds. The first kappa shape index (κ1) is 10.7. The minimum absolute atomic E-state index is 0.324. The van der Waals surface area contributed by atoms with Crippen LogP contribution in [0.15, 0.2) is 78.9 Å². The molecular weight excluding hydrogens is 240 g/mol. The summed E-state index contributed by atoms with van der Waals surface area (Å²) >= 11 is 0. The topological polar surface area (TPSA) is 0 Å². The van der Waals surface area contributed by atoms with E-state index >= 15 is 0 Å². The summed E-state index contributed by atoms with van der Waals surface area (Å²) in [6, 6.07) is 21.9. The van der Waals surface area contributed by atoms with Crippen LogP contribution in [0, 0.1) is 17.8 Å². The Hall–Kier alpha value is -2.08. The van der Waals surface area contributed by atoms with Crippen LogP contribution in [0.4, 0.5) is 0 Å². The summed E-state index contributed by atoms with van der Waals surface area (Å²) in [5.74, 6) is 2.12. The zero-order valence-corrected chi connectivity index (χ0v) is 11.2. The van der Waals surface area contributed by atoms with Crippen LogP contribution in [-0.4, -0.2) is 0 Å². The molecule has 0 spiro atoms. The Kier molecular flexibility index (Phi) is 1.88. The van der Waals surface area contributed by atoms with Crippen molar-refractivity contribution in [2.45, 2.75) is 5.41 Å². The van der Waals surface area contributed by atoms with Crippen molar-refractivity contribution in [3.05, 3.63) is 90.0 Å². The summed E-state index contributed by atoms with van der Waals surface area (Å²) < 4.78 is 0. The van der Waals surface area contributed by atoms with Crippen LogP contribution in [0.5, 0.6) is 0 Å². The number of hydrogen-bond acceptors (Lipinski definition) is 0. The van der Waals surface area contributed by atoms with Gasteiger partial charge < -0.3 is 0 Å². The van der Waals surface area contributed by atoms with Gasteiger partial charge in [-0.25, -0.2) is 0 Å². The second-order valence-electron chi connectivity index (χ2n) is 6.22. The van der Waals surface area contributed by atoms with Gasteiger partial charge in [0.05, 0.1) is 0 Å². The SMILES string of the molecule is C1=CC2(c3ccccc3)C3C=C(c4ccccc4)C1C32. The first-order valence-electron chi connectivity index (χ1n) is 7.43. The molecule has 4 atom stereocenters. The maximum absolute atomic E-state index is 2.54. The van der Waals surface area contributed by atoms with Gasteiger partial charge in [0.15, 0.2) is 0 Å². The highest BCUT2D eigenvalue weighted by atomic mass is 14.7. The molecule has 4 unspecified atom stereocenters. The van der Waals surface area contributed by atoms with Crippen molar-refractivity contribution >= 4 is 5.57 Å². The maximum atomic E-state index is 2.54. The molecule has 96 valence electrons. The van der Waals surface area contributed by atoms with Crippen LogP contribution in [0.1, 0.15) is 11.1 Å². The van der Waals surface area contributed by atoms with Gasteiger partial charge in [-0.3, -0.25) is 0 Å². The molecular formula is C20H16. The van der Waals surface area contributed by atoms with E-state index in [0.29, 0.717) is 11.3 Å². The molecule has 5 rings (SSSR count). The van der Waals surface area contributed by atoms with Crippen molar-refractivity contribution in [3.8, 4) is 0 Å². The normalized spacial score (nSPS) is 35.8. The fourth-order valence-corrected chi connectivity index (χ4v) is 4.56.